The maximum absolute atomic E-state index is 14.4. The van der Waals surface area contributed by atoms with E-state index in [1.807, 2.05) is 36.0 Å². The predicted octanol–water partition coefficient (Wildman–Crippen LogP) is 4.82. The summed E-state index contributed by atoms with van der Waals surface area (Å²) in [4.78, 5) is 10.1. The van der Waals surface area contributed by atoms with E-state index in [0.29, 0.717) is 12.6 Å². The number of carbonyl (C=O) groups is 1. The maximum atomic E-state index is 14.4. The Morgan fingerprint density at radius 3 is 2.49 bits per heavy atom. The zero-order chi connectivity index (χ0) is 25.4. The molecule has 13 heteroatoms. The number of aliphatic carboxylic acids is 1. The van der Waals surface area contributed by atoms with Gasteiger partial charge in [0.05, 0.1) is 17.4 Å². The molecule has 2 fully saturated rings. The molecule has 0 amide bonds. The van der Waals surface area contributed by atoms with Crippen molar-refractivity contribution in [2.24, 2.45) is 5.73 Å². The second kappa shape index (κ2) is 13.3. The molecule has 35 heavy (non-hydrogen) atoms. The molecule has 2 atom stereocenters. The molecule has 2 aromatic rings. The number of halogens is 4. The number of carboxylic acids is 1. The van der Waals surface area contributed by atoms with Crippen molar-refractivity contribution in [3.8, 4) is 0 Å². The largest absolute Gasteiger partial charge is 0.490 e. The Labute approximate surface area is 214 Å². The molecule has 194 valence electrons. The molecule has 6 nitrogen and oxygen atoms in total. The molecule has 0 spiro atoms. The second-order valence-corrected chi connectivity index (χ2v) is 11.5. The zero-order valence-electron chi connectivity index (χ0n) is 18.7. The van der Waals surface area contributed by atoms with Crippen molar-refractivity contribution in [2.45, 2.75) is 35.3 Å². The van der Waals surface area contributed by atoms with E-state index in [1.54, 1.807) is 23.5 Å². The lowest BCUT2D eigenvalue weighted by molar-refractivity contribution is -0.192. The van der Waals surface area contributed by atoms with Crippen molar-refractivity contribution in [3.63, 3.8) is 0 Å². The number of nitrogens with zero attached hydrogens (tertiary/aromatic N) is 2. The molecule has 0 radical (unpaired) electrons. The quantitative estimate of drug-likeness (QED) is 0.287. The number of morpholine rings is 1. The number of thiophene rings is 1. The first-order valence-electron chi connectivity index (χ1n) is 10.9. The van der Waals surface area contributed by atoms with E-state index in [2.05, 4.69) is 20.7 Å². The molecule has 4 rings (SSSR count). The van der Waals surface area contributed by atoms with Crippen LogP contribution in [0.1, 0.15) is 22.8 Å². The van der Waals surface area contributed by atoms with Crippen molar-refractivity contribution in [1.82, 2.24) is 8.61 Å². The van der Waals surface area contributed by atoms with Gasteiger partial charge in [-0.25, -0.2) is 17.8 Å². The monoisotopic (exact) mass is 553 g/mol. The van der Waals surface area contributed by atoms with Gasteiger partial charge in [-0.2, -0.15) is 13.2 Å². The van der Waals surface area contributed by atoms with Crippen molar-refractivity contribution in [3.05, 3.63) is 52.7 Å². The molecule has 2 aliphatic heterocycles. The second-order valence-electron chi connectivity index (χ2n) is 7.87. The summed E-state index contributed by atoms with van der Waals surface area (Å²) in [5.41, 5.74) is 6.59. The van der Waals surface area contributed by atoms with E-state index >= 15 is 0 Å². The van der Waals surface area contributed by atoms with Crippen molar-refractivity contribution >= 4 is 41.2 Å². The van der Waals surface area contributed by atoms with Gasteiger partial charge in [0.2, 0.25) is 0 Å². The van der Waals surface area contributed by atoms with Crippen LogP contribution in [-0.4, -0.2) is 70.5 Å². The highest BCUT2D eigenvalue weighted by atomic mass is 32.2. The lowest BCUT2D eigenvalue weighted by Crippen LogP contribution is -2.36. The molecule has 0 bridgehead atoms. The molecular formula is C22H27F4N3O3S3. The topological polar surface area (TPSA) is 79.0 Å². The molecular weight excluding hydrogens is 526 g/mol. The summed E-state index contributed by atoms with van der Waals surface area (Å²) < 4.78 is 57.7. The minimum atomic E-state index is -5.08. The van der Waals surface area contributed by atoms with E-state index in [0.717, 1.165) is 50.6 Å². The van der Waals surface area contributed by atoms with Gasteiger partial charge in [0.15, 0.2) is 0 Å². The highest BCUT2D eigenvalue weighted by molar-refractivity contribution is 8.01. The average molecular weight is 554 g/mol. The number of hydrogen-bond donors (Lipinski definition) is 2. The van der Waals surface area contributed by atoms with Gasteiger partial charge >= 0.3 is 12.1 Å². The summed E-state index contributed by atoms with van der Waals surface area (Å²) >= 11 is 5.49. The predicted molar refractivity (Wildman–Crippen MR) is 131 cm³/mol. The summed E-state index contributed by atoms with van der Waals surface area (Å²) in [5, 5.41) is 7.12. The number of nitrogens with two attached hydrogens (primary N) is 1. The van der Waals surface area contributed by atoms with Crippen LogP contribution >= 0.6 is 35.2 Å². The summed E-state index contributed by atoms with van der Waals surface area (Å²) in [7, 11) is 0. The molecule has 0 saturated carbocycles. The number of alkyl halides is 3. The highest BCUT2D eigenvalue weighted by Crippen LogP contribution is 2.40. The Morgan fingerprint density at radius 1 is 1.20 bits per heavy atom. The molecule has 3 N–H and O–H groups in total. The van der Waals surface area contributed by atoms with E-state index in [4.69, 9.17) is 20.4 Å². The lowest BCUT2D eigenvalue weighted by Gasteiger charge is -2.31. The van der Waals surface area contributed by atoms with Crippen molar-refractivity contribution < 1.29 is 32.2 Å². The van der Waals surface area contributed by atoms with E-state index in [9.17, 15) is 17.6 Å². The van der Waals surface area contributed by atoms with Crippen LogP contribution in [0.3, 0.4) is 0 Å². The number of hydrogen-bond acceptors (Lipinski definition) is 8. The number of benzene rings is 1. The fourth-order valence-electron chi connectivity index (χ4n) is 3.67. The third-order valence-corrected chi connectivity index (χ3v) is 9.13. The smallest absolute Gasteiger partial charge is 0.475 e. The summed E-state index contributed by atoms with van der Waals surface area (Å²) in [5.74, 6) is -1.59. The normalized spacial score (nSPS) is 21.5. The first kappa shape index (κ1) is 28.2. The fraction of sp³-hybridized carbons (Fsp3) is 0.500. The van der Waals surface area contributed by atoms with Gasteiger partial charge in [0.1, 0.15) is 5.82 Å². The third kappa shape index (κ3) is 8.62. The minimum Gasteiger partial charge on any atom is -0.475 e. The first-order valence-corrected chi connectivity index (χ1v) is 13.4. The number of ether oxygens (including phenoxy) is 1. The maximum Gasteiger partial charge on any atom is 0.490 e. The van der Waals surface area contributed by atoms with Gasteiger partial charge in [-0.1, -0.05) is 18.2 Å². The Kier molecular flexibility index (Phi) is 10.7. The van der Waals surface area contributed by atoms with Crippen LogP contribution in [-0.2, 0) is 16.1 Å². The molecule has 2 aliphatic rings. The van der Waals surface area contributed by atoms with Crippen LogP contribution in [0.5, 0.6) is 0 Å². The van der Waals surface area contributed by atoms with Crippen LogP contribution in [0.2, 0.25) is 0 Å². The van der Waals surface area contributed by atoms with Crippen LogP contribution < -0.4 is 5.73 Å². The first-order chi connectivity index (χ1) is 16.7. The summed E-state index contributed by atoms with van der Waals surface area (Å²) in [6, 6.07) is 11.9. The number of rotatable bonds is 7. The molecule has 1 aromatic carbocycles. The summed E-state index contributed by atoms with van der Waals surface area (Å²) in [6.07, 6.45) is -4.10. The standard InChI is InChI=1S/C20H26FN3OS3.C2HF3O2/c21-19-4-2-1-3-18(19)15-11-16(14-26-20-6-5-17(12-22)27-20)24(13-15)28-23-7-9-25-10-8-23;3-2(4,5)1(6)7/h1-6,15-16H,7-14,22H2;(H,6,7). The Bertz CT molecular complexity index is 957. The van der Waals surface area contributed by atoms with Crippen LogP contribution in [0.15, 0.2) is 40.6 Å². The molecule has 3 heterocycles. The molecule has 2 unspecified atom stereocenters. The summed E-state index contributed by atoms with van der Waals surface area (Å²) in [6.45, 7) is 4.93. The fourth-order valence-corrected chi connectivity index (χ4v) is 7.13. The van der Waals surface area contributed by atoms with Gasteiger partial charge in [0.25, 0.3) is 0 Å². The van der Waals surface area contributed by atoms with Gasteiger partial charge in [-0.3, -0.25) is 0 Å². The van der Waals surface area contributed by atoms with Gasteiger partial charge < -0.3 is 15.6 Å². The molecule has 1 aromatic heterocycles. The van der Waals surface area contributed by atoms with Gasteiger partial charge in [0, 0.05) is 60.9 Å². The van der Waals surface area contributed by atoms with Crippen molar-refractivity contribution in [2.75, 3.05) is 38.6 Å². The Morgan fingerprint density at radius 2 is 1.89 bits per heavy atom. The van der Waals surface area contributed by atoms with E-state index in [1.165, 1.54) is 9.09 Å². The van der Waals surface area contributed by atoms with Gasteiger partial charge in [-0.15, -0.1) is 23.1 Å². The lowest BCUT2D eigenvalue weighted by atomic mass is 9.96. The van der Waals surface area contributed by atoms with Gasteiger partial charge in [-0.05, 0) is 30.2 Å². The Hall–Kier alpha value is -1.35. The Balaban J connectivity index is 0.000000429. The number of carboxylic acid groups (broad SMARTS) is 1. The van der Waals surface area contributed by atoms with Crippen molar-refractivity contribution in [1.29, 1.82) is 0 Å². The SMILES string of the molecule is NCc1ccc(SCC2CC(c3ccccc3F)CN2SN2CCOCC2)s1.O=C(O)C(F)(F)F. The third-order valence-electron chi connectivity index (χ3n) is 5.40. The zero-order valence-corrected chi connectivity index (χ0v) is 21.2. The molecule has 2 saturated heterocycles. The van der Waals surface area contributed by atoms with Crippen LogP contribution in [0.25, 0.3) is 0 Å². The van der Waals surface area contributed by atoms with E-state index in [-0.39, 0.29) is 11.7 Å². The van der Waals surface area contributed by atoms with Crippen LogP contribution in [0, 0.1) is 5.82 Å². The number of thioether (sulfide) groups is 1. The van der Waals surface area contributed by atoms with Crippen LogP contribution in [0.4, 0.5) is 17.6 Å². The molecule has 0 aliphatic carbocycles. The minimum absolute atomic E-state index is 0.0806. The van der Waals surface area contributed by atoms with E-state index < -0.39 is 12.1 Å². The average Bonchev–Trinajstić information content (AvgIpc) is 3.45. The highest BCUT2D eigenvalue weighted by Gasteiger charge is 2.38.